The number of hydrogen-bond donors (Lipinski definition) is 0. The van der Waals surface area contributed by atoms with Crippen molar-refractivity contribution in [1.29, 1.82) is 0 Å². The van der Waals surface area contributed by atoms with Gasteiger partial charge in [0.15, 0.2) is 11.5 Å². The number of rotatable bonds is 5. The number of nitrogens with zero attached hydrogens (tertiary/aromatic N) is 5. The van der Waals surface area contributed by atoms with Crippen LogP contribution < -0.4 is 0 Å². The first kappa shape index (κ1) is 29.0. The molecule has 0 atom stereocenters. The van der Waals surface area contributed by atoms with E-state index in [-0.39, 0.29) is 0 Å². The van der Waals surface area contributed by atoms with Crippen molar-refractivity contribution in [3.63, 3.8) is 0 Å². The average molecular weight is 652 g/mol. The molecular formula is C46H29N5. The van der Waals surface area contributed by atoms with Gasteiger partial charge in [-0.3, -0.25) is 4.40 Å². The van der Waals surface area contributed by atoms with E-state index in [1.165, 1.54) is 0 Å². The van der Waals surface area contributed by atoms with E-state index in [2.05, 4.69) is 144 Å². The van der Waals surface area contributed by atoms with Gasteiger partial charge in [-0.15, -0.1) is 0 Å². The zero-order chi connectivity index (χ0) is 33.7. The lowest BCUT2D eigenvalue weighted by Gasteiger charge is -2.18. The van der Waals surface area contributed by atoms with Crippen molar-refractivity contribution < 1.29 is 0 Å². The quantitative estimate of drug-likeness (QED) is 0.186. The van der Waals surface area contributed by atoms with E-state index >= 15 is 0 Å². The molecule has 10 rings (SSSR count). The first-order valence-corrected chi connectivity index (χ1v) is 17.1. The standard InChI is InChI=1S/C46H29N5/c1-3-15-32(16-4-1)42-40(43(33-17-5-2-6-18-33)49-45(48-42)38-23-13-19-30-14-7-8-20-35(30)38)31-25-27-34(28-26-31)41-36-21-9-10-22-37(36)44-46(50-41)51-29-12-11-24-39(51)47-44/h1-29H. The lowest BCUT2D eigenvalue weighted by molar-refractivity contribution is 1.19. The second-order valence-electron chi connectivity index (χ2n) is 12.7. The Morgan fingerprint density at radius 1 is 0.373 bits per heavy atom. The highest BCUT2D eigenvalue weighted by atomic mass is 15.1. The van der Waals surface area contributed by atoms with Crippen molar-refractivity contribution in [3.8, 4) is 56.3 Å². The third-order valence-corrected chi connectivity index (χ3v) is 9.64. The molecule has 0 aliphatic heterocycles. The summed E-state index contributed by atoms with van der Waals surface area (Å²) in [4.78, 5) is 20.9. The summed E-state index contributed by atoms with van der Waals surface area (Å²) in [7, 11) is 0. The lowest BCUT2D eigenvalue weighted by Crippen LogP contribution is -2.01. The zero-order valence-electron chi connectivity index (χ0n) is 27.5. The summed E-state index contributed by atoms with van der Waals surface area (Å²) in [5.74, 6) is 0.696. The van der Waals surface area contributed by atoms with Crippen LogP contribution in [0.15, 0.2) is 176 Å². The van der Waals surface area contributed by atoms with E-state index in [1.807, 2.05) is 36.5 Å². The van der Waals surface area contributed by atoms with Gasteiger partial charge in [0.2, 0.25) is 0 Å². The molecule has 10 aromatic rings. The van der Waals surface area contributed by atoms with E-state index in [0.717, 1.165) is 88.8 Å². The Labute approximate surface area is 294 Å². The maximum absolute atomic E-state index is 5.37. The largest absolute Gasteiger partial charge is 0.284 e. The van der Waals surface area contributed by atoms with Gasteiger partial charge in [-0.2, -0.15) is 0 Å². The van der Waals surface area contributed by atoms with Gasteiger partial charge in [0.1, 0.15) is 11.2 Å². The average Bonchev–Trinajstić information content (AvgIpc) is 3.59. The van der Waals surface area contributed by atoms with Crippen molar-refractivity contribution in [2.24, 2.45) is 0 Å². The van der Waals surface area contributed by atoms with Gasteiger partial charge in [0.25, 0.3) is 0 Å². The molecule has 0 bridgehead atoms. The topological polar surface area (TPSA) is 56.0 Å². The predicted octanol–water partition coefficient (Wildman–Crippen LogP) is 11.3. The maximum atomic E-state index is 5.37. The van der Waals surface area contributed by atoms with Gasteiger partial charge < -0.3 is 0 Å². The second-order valence-corrected chi connectivity index (χ2v) is 12.7. The fourth-order valence-electron chi connectivity index (χ4n) is 7.23. The summed E-state index contributed by atoms with van der Waals surface area (Å²) in [5, 5.41) is 4.43. The van der Waals surface area contributed by atoms with Gasteiger partial charge >= 0.3 is 0 Å². The monoisotopic (exact) mass is 651 g/mol. The van der Waals surface area contributed by atoms with Crippen LogP contribution in [0.2, 0.25) is 0 Å². The van der Waals surface area contributed by atoms with Crippen molar-refractivity contribution in [3.05, 3.63) is 176 Å². The molecule has 0 saturated carbocycles. The number of pyridine rings is 2. The number of fused-ring (bicyclic) bond motifs is 6. The van der Waals surface area contributed by atoms with Crippen LogP contribution in [0.3, 0.4) is 0 Å². The molecule has 5 heteroatoms. The Hall–Kier alpha value is -6.98. The molecule has 238 valence electrons. The fraction of sp³-hybridized carbons (Fsp3) is 0. The van der Waals surface area contributed by atoms with Crippen molar-refractivity contribution in [2.45, 2.75) is 0 Å². The molecule has 51 heavy (non-hydrogen) atoms. The molecule has 4 heterocycles. The predicted molar refractivity (Wildman–Crippen MR) is 208 cm³/mol. The molecular weight excluding hydrogens is 623 g/mol. The molecule has 0 aliphatic rings. The SMILES string of the molecule is c1ccc(-c2nc(-c3cccc4ccccc34)nc(-c3ccccc3)c2-c2ccc(-c3nc4c(nc5ccccn54)c4ccccc34)cc2)cc1. The van der Waals surface area contributed by atoms with Crippen LogP contribution in [-0.4, -0.2) is 24.3 Å². The summed E-state index contributed by atoms with van der Waals surface area (Å²) in [5.41, 5.74) is 11.4. The van der Waals surface area contributed by atoms with Crippen LogP contribution in [-0.2, 0) is 0 Å². The molecule has 0 aliphatic carbocycles. The fourth-order valence-corrected chi connectivity index (χ4v) is 7.23. The van der Waals surface area contributed by atoms with E-state index in [4.69, 9.17) is 19.9 Å². The van der Waals surface area contributed by atoms with Gasteiger partial charge in [0, 0.05) is 44.8 Å². The highest BCUT2D eigenvalue weighted by molar-refractivity contribution is 6.09. The number of benzene rings is 6. The van der Waals surface area contributed by atoms with Crippen LogP contribution in [0.25, 0.3) is 94.6 Å². The highest BCUT2D eigenvalue weighted by Gasteiger charge is 2.22. The molecule has 6 aromatic carbocycles. The van der Waals surface area contributed by atoms with Crippen LogP contribution in [0.5, 0.6) is 0 Å². The molecule has 0 N–H and O–H groups in total. The number of imidazole rings is 1. The summed E-state index contributed by atoms with van der Waals surface area (Å²) >= 11 is 0. The van der Waals surface area contributed by atoms with E-state index in [1.54, 1.807) is 0 Å². The van der Waals surface area contributed by atoms with Crippen LogP contribution >= 0.6 is 0 Å². The minimum Gasteiger partial charge on any atom is -0.284 e. The minimum absolute atomic E-state index is 0.696. The smallest absolute Gasteiger partial charge is 0.165 e. The van der Waals surface area contributed by atoms with Crippen molar-refractivity contribution >= 4 is 38.4 Å². The Morgan fingerprint density at radius 2 is 0.941 bits per heavy atom. The molecule has 5 nitrogen and oxygen atoms in total. The van der Waals surface area contributed by atoms with Crippen molar-refractivity contribution in [2.75, 3.05) is 0 Å². The maximum Gasteiger partial charge on any atom is 0.165 e. The van der Waals surface area contributed by atoms with E-state index in [9.17, 15) is 0 Å². The van der Waals surface area contributed by atoms with E-state index < -0.39 is 0 Å². The summed E-state index contributed by atoms with van der Waals surface area (Å²) in [6, 6.07) is 58.8. The number of hydrogen-bond acceptors (Lipinski definition) is 4. The highest BCUT2D eigenvalue weighted by Crippen LogP contribution is 2.41. The third kappa shape index (κ3) is 4.86. The van der Waals surface area contributed by atoms with Gasteiger partial charge in [-0.1, -0.05) is 158 Å². The molecule has 0 saturated heterocycles. The Bertz CT molecular complexity index is 2830. The summed E-state index contributed by atoms with van der Waals surface area (Å²) in [6.07, 6.45) is 2.03. The zero-order valence-corrected chi connectivity index (χ0v) is 27.5. The minimum atomic E-state index is 0.696. The van der Waals surface area contributed by atoms with Crippen LogP contribution in [0.4, 0.5) is 0 Å². The van der Waals surface area contributed by atoms with Crippen LogP contribution in [0.1, 0.15) is 0 Å². The summed E-state index contributed by atoms with van der Waals surface area (Å²) in [6.45, 7) is 0. The van der Waals surface area contributed by atoms with Gasteiger partial charge in [0.05, 0.1) is 17.1 Å². The number of aromatic nitrogens is 5. The Kier molecular flexibility index (Phi) is 6.74. The molecule has 0 radical (unpaired) electrons. The molecule has 0 amide bonds. The van der Waals surface area contributed by atoms with Gasteiger partial charge in [-0.25, -0.2) is 19.9 Å². The first-order chi connectivity index (χ1) is 25.3. The molecule has 0 fully saturated rings. The molecule has 0 unspecified atom stereocenters. The molecule has 0 spiro atoms. The second kappa shape index (κ2) is 11.9. The van der Waals surface area contributed by atoms with Gasteiger partial charge in [-0.05, 0) is 28.5 Å². The summed E-state index contributed by atoms with van der Waals surface area (Å²) < 4.78 is 2.06. The third-order valence-electron chi connectivity index (χ3n) is 9.64. The van der Waals surface area contributed by atoms with Crippen LogP contribution in [0, 0.1) is 0 Å². The Balaban J connectivity index is 1.21. The Morgan fingerprint density at radius 3 is 1.67 bits per heavy atom. The normalized spacial score (nSPS) is 11.5. The lowest BCUT2D eigenvalue weighted by atomic mass is 9.92. The molecule has 4 aromatic heterocycles. The first-order valence-electron chi connectivity index (χ1n) is 17.1. The van der Waals surface area contributed by atoms with Crippen molar-refractivity contribution in [1.82, 2.24) is 24.3 Å². The van der Waals surface area contributed by atoms with E-state index in [0.29, 0.717) is 5.82 Å².